The maximum Gasteiger partial charge on any atom is 0.285 e. The van der Waals surface area contributed by atoms with Crippen LogP contribution in [0.1, 0.15) is 18.4 Å². The maximum atomic E-state index is 11.8. The molecule has 2 aromatic rings. The summed E-state index contributed by atoms with van der Waals surface area (Å²) in [6.07, 6.45) is 2.98. The lowest BCUT2D eigenvalue weighted by Crippen LogP contribution is -2.23. The second kappa shape index (κ2) is 6.19. The Kier molecular flexibility index (Phi) is 4.11. The summed E-state index contributed by atoms with van der Waals surface area (Å²) in [4.78, 5) is 25.0. The van der Waals surface area contributed by atoms with Gasteiger partial charge in [-0.15, -0.1) is 0 Å². The number of rotatable bonds is 4. The summed E-state index contributed by atoms with van der Waals surface area (Å²) in [5.41, 5.74) is 1.95. The molecule has 2 heterocycles. The molecule has 0 radical (unpaired) electrons. The first-order valence-electron chi connectivity index (χ1n) is 7.01. The van der Waals surface area contributed by atoms with Gasteiger partial charge in [-0.2, -0.15) is 5.10 Å². The van der Waals surface area contributed by atoms with E-state index in [0.29, 0.717) is 18.7 Å². The second-order valence-corrected chi connectivity index (χ2v) is 5.48. The molecule has 6 nitrogen and oxygen atoms in total. The van der Waals surface area contributed by atoms with Crippen molar-refractivity contribution in [3.05, 3.63) is 51.4 Å². The molecule has 0 aliphatic carbocycles. The van der Waals surface area contributed by atoms with Crippen molar-refractivity contribution in [1.29, 1.82) is 0 Å². The topological polar surface area (TPSA) is 78.1 Å². The van der Waals surface area contributed by atoms with Crippen LogP contribution in [0.25, 0.3) is 0 Å². The summed E-state index contributed by atoms with van der Waals surface area (Å²) in [5, 5.41) is 9.14. The van der Waals surface area contributed by atoms with Gasteiger partial charge in [0.1, 0.15) is 5.02 Å². The SMILES string of the molecule is O=C1CCCN1c1cccc(CNc2cn[nH]c(=O)c2Cl)c1. The van der Waals surface area contributed by atoms with E-state index in [1.165, 1.54) is 6.20 Å². The number of hydrogen-bond acceptors (Lipinski definition) is 4. The molecule has 1 aromatic heterocycles. The van der Waals surface area contributed by atoms with Crippen LogP contribution in [0.5, 0.6) is 0 Å². The lowest BCUT2D eigenvalue weighted by molar-refractivity contribution is -0.117. The Morgan fingerprint density at radius 1 is 1.36 bits per heavy atom. The van der Waals surface area contributed by atoms with Gasteiger partial charge in [0.15, 0.2) is 0 Å². The first kappa shape index (κ1) is 14.6. The van der Waals surface area contributed by atoms with E-state index in [0.717, 1.165) is 24.2 Å². The van der Waals surface area contributed by atoms with Crippen molar-refractivity contribution in [1.82, 2.24) is 10.2 Å². The highest BCUT2D eigenvalue weighted by Crippen LogP contribution is 2.23. The summed E-state index contributed by atoms with van der Waals surface area (Å²) < 4.78 is 0. The van der Waals surface area contributed by atoms with Crippen molar-refractivity contribution in [2.24, 2.45) is 0 Å². The van der Waals surface area contributed by atoms with E-state index in [1.807, 2.05) is 24.3 Å². The van der Waals surface area contributed by atoms with Crippen molar-refractivity contribution in [2.45, 2.75) is 19.4 Å². The van der Waals surface area contributed by atoms with E-state index in [4.69, 9.17) is 11.6 Å². The van der Waals surface area contributed by atoms with Crippen LogP contribution < -0.4 is 15.8 Å². The van der Waals surface area contributed by atoms with Gasteiger partial charge in [-0.05, 0) is 24.1 Å². The molecule has 0 unspecified atom stereocenters. The highest BCUT2D eigenvalue weighted by molar-refractivity contribution is 6.32. The maximum absolute atomic E-state index is 11.8. The molecular weight excluding hydrogens is 304 g/mol. The average Bonchev–Trinajstić information content (AvgIpc) is 2.95. The van der Waals surface area contributed by atoms with E-state index in [1.54, 1.807) is 4.90 Å². The minimum atomic E-state index is -0.428. The van der Waals surface area contributed by atoms with Gasteiger partial charge < -0.3 is 10.2 Å². The molecule has 1 aromatic carbocycles. The fourth-order valence-electron chi connectivity index (χ4n) is 2.46. The molecule has 0 saturated carbocycles. The molecule has 1 aliphatic heterocycles. The molecule has 2 N–H and O–H groups in total. The highest BCUT2D eigenvalue weighted by Gasteiger charge is 2.21. The van der Waals surface area contributed by atoms with E-state index >= 15 is 0 Å². The van der Waals surface area contributed by atoms with Crippen LogP contribution in [0, 0.1) is 0 Å². The number of carbonyl (C=O) groups is 1. The van der Waals surface area contributed by atoms with Gasteiger partial charge in [-0.25, -0.2) is 5.10 Å². The number of hydrogen-bond donors (Lipinski definition) is 2. The predicted octanol–water partition coefficient (Wildman–Crippen LogP) is 2.16. The Hall–Kier alpha value is -2.34. The van der Waals surface area contributed by atoms with Crippen LogP contribution in [0.3, 0.4) is 0 Å². The van der Waals surface area contributed by atoms with Gasteiger partial charge >= 0.3 is 0 Å². The van der Waals surface area contributed by atoms with E-state index in [-0.39, 0.29) is 10.9 Å². The highest BCUT2D eigenvalue weighted by atomic mass is 35.5. The predicted molar refractivity (Wildman–Crippen MR) is 85.2 cm³/mol. The van der Waals surface area contributed by atoms with Gasteiger partial charge in [0, 0.05) is 25.2 Å². The van der Waals surface area contributed by atoms with Gasteiger partial charge in [0.05, 0.1) is 11.9 Å². The van der Waals surface area contributed by atoms with Crippen LogP contribution >= 0.6 is 11.6 Å². The smallest absolute Gasteiger partial charge is 0.285 e. The van der Waals surface area contributed by atoms with Gasteiger partial charge in [0.25, 0.3) is 5.56 Å². The third kappa shape index (κ3) is 2.96. The summed E-state index contributed by atoms with van der Waals surface area (Å²) >= 11 is 5.91. The number of anilines is 2. The second-order valence-electron chi connectivity index (χ2n) is 5.10. The van der Waals surface area contributed by atoms with Crippen LogP contribution in [-0.2, 0) is 11.3 Å². The minimum absolute atomic E-state index is 0.0841. The zero-order chi connectivity index (χ0) is 15.5. The number of benzene rings is 1. The lowest BCUT2D eigenvalue weighted by Gasteiger charge is -2.17. The quantitative estimate of drug-likeness (QED) is 0.905. The lowest BCUT2D eigenvalue weighted by atomic mass is 10.2. The third-order valence-corrected chi connectivity index (χ3v) is 3.95. The molecule has 0 bridgehead atoms. The Labute approximate surface area is 132 Å². The number of aromatic amines is 1. The molecule has 0 atom stereocenters. The van der Waals surface area contributed by atoms with E-state index in [9.17, 15) is 9.59 Å². The monoisotopic (exact) mass is 318 g/mol. The van der Waals surface area contributed by atoms with Gasteiger partial charge in [-0.3, -0.25) is 9.59 Å². The molecule has 1 aliphatic rings. The first-order valence-corrected chi connectivity index (χ1v) is 7.39. The van der Waals surface area contributed by atoms with E-state index in [2.05, 4.69) is 15.5 Å². The fourth-order valence-corrected chi connectivity index (χ4v) is 2.62. The number of halogens is 1. The molecule has 114 valence electrons. The summed E-state index contributed by atoms with van der Waals surface area (Å²) in [6, 6.07) is 7.75. The van der Waals surface area contributed by atoms with Crippen LogP contribution in [0.15, 0.2) is 35.3 Å². The number of nitrogens with zero attached hydrogens (tertiary/aromatic N) is 2. The first-order chi connectivity index (χ1) is 10.6. The van der Waals surface area contributed by atoms with Crippen molar-refractivity contribution in [3.63, 3.8) is 0 Å². The van der Waals surface area contributed by atoms with Crippen molar-refractivity contribution < 1.29 is 4.79 Å². The Morgan fingerprint density at radius 3 is 3.00 bits per heavy atom. The number of aromatic nitrogens is 2. The number of nitrogens with one attached hydrogen (secondary N) is 2. The van der Waals surface area contributed by atoms with Crippen molar-refractivity contribution in [2.75, 3.05) is 16.8 Å². The van der Waals surface area contributed by atoms with Crippen LogP contribution in [0.2, 0.25) is 5.02 Å². The molecule has 1 saturated heterocycles. The third-order valence-electron chi connectivity index (χ3n) is 3.57. The molecule has 0 spiro atoms. The zero-order valence-corrected chi connectivity index (χ0v) is 12.6. The fraction of sp³-hybridized carbons (Fsp3) is 0.267. The zero-order valence-electron chi connectivity index (χ0n) is 11.8. The van der Waals surface area contributed by atoms with Crippen molar-refractivity contribution >= 4 is 28.9 Å². The standard InChI is InChI=1S/C15H15ClN4O2/c16-14-12(9-18-19-15(14)22)17-8-10-3-1-4-11(7-10)20-6-2-5-13(20)21/h1,3-4,7,9H,2,5-6,8H2,(H2,17,19,22). The normalized spacial score (nSPS) is 14.4. The average molecular weight is 319 g/mol. The molecular formula is C15H15ClN4O2. The van der Waals surface area contributed by atoms with Gasteiger partial charge in [-0.1, -0.05) is 23.7 Å². The van der Waals surface area contributed by atoms with Gasteiger partial charge in [0.2, 0.25) is 5.91 Å². The minimum Gasteiger partial charge on any atom is -0.378 e. The van der Waals surface area contributed by atoms with Crippen LogP contribution in [-0.4, -0.2) is 22.6 Å². The van der Waals surface area contributed by atoms with E-state index < -0.39 is 5.56 Å². The molecule has 7 heteroatoms. The molecule has 1 fully saturated rings. The number of amides is 1. The number of H-pyrrole nitrogens is 1. The molecule has 1 amide bonds. The van der Waals surface area contributed by atoms with Crippen molar-refractivity contribution in [3.8, 4) is 0 Å². The summed E-state index contributed by atoms with van der Waals surface area (Å²) in [7, 11) is 0. The summed E-state index contributed by atoms with van der Waals surface area (Å²) in [6.45, 7) is 1.25. The largest absolute Gasteiger partial charge is 0.378 e. The molecule has 3 rings (SSSR count). The summed E-state index contributed by atoms with van der Waals surface area (Å²) in [5.74, 6) is 0.159. The Balaban J connectivity index is 1.74. The van der Waals surface area contributed by atoms with Crippen LogP contribution in [0.4, 0.5) is 11.4 Å². The molecule has 22 heavy (non-hydrogen) atoms. The Morgan fingerprint density at radius 2 is 2.23 bits per heavy atom. The number of carbonyl (C=O) groups excluding carboxylic acids is 1. The Bertz CT molecular complexity index is 759.